The number of hydrogen-bond donors (Lipinski definition) is 5. The summed E-state index contributed by atoms with van der Waals surface area (Å²) in [5.74, 6) is -5.40. The summed E-state index contributed by atoms with van der Waals surface area (Å²) >= 11 is 0. The summed E-state index contributed by atoms with van der Waals surface area (Å²) in [5, 5.41) is 10.6. The number of Topliss-reactive ketones (excluding diaryl/α,β-unsaturated/α-hetero) is 3. The van der Waals surface area contributed by atoms with Crippen molar-refractivity contribution in [3.05, 3.63) is 108 Å². The number of carboxylic acids is 1. The van der Waals surface area contributed by atoms with Crippen LogP contribution in [0.15, 0.2) is 91.4 Å². The highest BCUT2D eigenvalue weighted by molar-refractivity contribution is 6.44. The van der Waals surface area contributed by atoms with Gasteiger partial charge in [0.2, 0.25) is 0 Å². The third-order valence-electron chi connectivity index (χ3n) is 6.29. The number of fused-ring (bicyclic) bond motifs is 3. The Morgan fingerprint density at radius 2 is 0.930 bits per heavy atom. The number of carbonyl (C=O) groups excluding carboxylic acids is 5. The first-order valence-electron chi connectivity index (χ1n) is 12.6. The Hall–Kier alpha value is -6.30. The Labute approximate surface area is 242 Å². The fourth-order valence-corrected chi connectivity index (χ4v) is 4.23. The normalized spacial score (nSPS) is 10.3. The number of benzene rings is 3. The number of aliphatic carboxylic acids is 1. The van der Waals surface area contributed by atoms with E-state index in [1.165, 1.54) is 25.7 Å². The number of nitrogens with two attached hydrogens (primary N) is 1. The Morgan fingerprint density at radius 1 is 0.581 bits per heavy atom. The minimum absolute atomic E-state index is 0.202. The molecule has 0 unspecified atom stereocenters. The third kappa shape index (κ3) is 6.38. The van der Waals surface area contributed by atoms with Crippen LogP contribution in [0.5, 0.6) is 0 Å². The topological polar surface area (TPSA) is 205 Å². The van der Waals surface area contributed by atoms with Crippen molar-refractivity contribution in [1.82, 2.24) is 15.0 Å². The van der Waals surface area contributed by atoms with Crippen LogP contribution in [0.1, 0.15) is 31.1 Å². The van der Waals surface area contributed by atoms with Gasteiger partial charge in [0.25, 0.3) is 23.3 Å². The molecule has 0 radical (unpaired) electrons. The van der Waals surface area contributed by atoms with Gasteiger partial charge in [-0.05, 0) is 18.2 Å². The molecule has 0 saturated carbocycles. The average Bonchev–Trinajstić information content (AvgIpc) is 3.77. The summed E-state index contributed by atoms with van der Waals surface area (Å²) in [4.78, 5) is 75.0. The predicted octanol–water partition coefficient (Wildman–Crippen LogP) is 3.79. The van der Waals surface area contributed by atoms with Gasteiger partial charge in [-0.15, -0.1) is 0 Å². The molecular weight excluding hydrogens is 556 g/mol. The second-order valence-corrected chi connectivity index (χ2v) is 8.89. The lowest BCUT2D eigenvalue weighted by Crippen LogP contribution is -2.22. The lowest BCUT2D eigenvalue weighted by molar-refractivity contribution is -0.135. The maximum atomic E-state index is 11.6. The van der Waals surface area contributed by atoms with Gasteiger partial charge in [0.15, 0.2) is 0 Å². The first-order chi connectivity index (χ1) is 20.6. The zero-order valence-electron chi connectivity index (χ0n) is 22.5. The second-order valence-electron chi connectivity index (χ2n) is 8.89. The van der Waals surface area contributed by atoms with Crippen LogP contribution < -0.4 is 5.73 Å². The number of aromatic amines is 3. The fourth-order valence-electron chi connectivity index (χ4n) is 4.23. The summed E-state index contributed by atoms with van der Waals surface area (Å²) in [6, 6.07) is 21.6. The third-order valence-corrected chi connectivity index (χ3v) is 6.29. The Bertz CT molecular complexity index is 1920. The molecule has 0 spiro atoms. The molecule has 6 aromatic rings. The largest absolute Gasteiger partial charge is 0.475 e. The van der Waals surface area contributed by atoms with Gasteiger partial charge in [0.05, 0.1) is 23.8 Å². The van der Waals surface area contributed by atoms with Crippen molar-refractivity contribution in [2.24, 2.45) is 5.73 Å². The molecule has 0 aliphatic carbocycles. The van der Waals surface area contributed by atoms with Gasteiger partial charge in [-0.2, -0.15) is 0 Å². The minimum Gasteiger partial charge on any atom is -0.475 e. The highest BCUT2D eigenvalue weighted by Crippen LogP contribution is 2.20. The molecule has 0 aliphatic rings. The molecule has 3 aromatic heterocycles. The van der Waals surface area contributed by atoms with Gasteiger partial charge in [-0.25, -0.2) is 9.59 Å². The van der Waals surface area contributed by atoms with Crippen molar-refractivity contribution in [1.29, 1.82) is 0 Å². The maximum Gasteiger partial charge on any atom is 0.379 e. The summed E-state index contributed by atoms with van der Waals surface area (Å²) in [7, 11) is 1.19. The quantitative estimate of drug-likeness (QED) is 0.111. The molecule has 1 amide bonds. The molecule has 0 fully saturated rings. The molecule has 12 nitrogen and oxygen atoms in total. The minimum atomic E-state index is -1.44. The number of hydrogen-bond acceptors (Lipinski definition) is 7. The van der Waals surface area contributed by atoms with E-state index in [2.05, 4.69) is 19.7 Å². The predicted molar refractivity (Wildman–Crippen MR) is 157 cm³/mol. The summed E-state index contributed by atoms with van der Waals surface area (Å²) in [5.41, 5.74) is 8.19. The van der Waals surface area contributed by atoms with E-state index in [-0.39, 0.29) is 5.56 Å². The van der Waals surface area contributed by atoms with Crippen molar-refractivity contribution >= 4 is 67.9 Å². The zero-order chi connectivity index (χ0) is 31.1. The van der Waals surface area contributed by atoms with Crippen LogP contribution in [0.4, 0.5) is 0 Å². The van der Waals surface area contributed by atoms with Crippen LogP contribution in [-0.2, 0) is 19.1 Å². The van der Waals surface area contributed by atoms with Gasteiger partial charge < -0.3 is 30.5 Å². The summed E-state index contributed by atoms with van der Waals surface area (Å²) < 4.78 is 4.38. The van der Waals surface area contributed by atoms with Crippen LogP contribution in [0.25, 0.3) is 32.7 Å². The molecule has 0 aliphatic heterocycles. The standard InChI is InChI=1S/C11H9NO3.C10H8N2O2.C10H7NO3/c1-15-11(14)10(13)8-6-12-9-5-3-2-4-7(8)9;11-10(14)9(13)7-5-12-8-4-2-1-3-6(7)8;12-9(10(13)14)7-5-11-8-4-2-1-3-6(7)8/h2-6,12H,1H3;1-5,12H,(H2,11,14);1-5,11H,(H,13,14). The number of carboxylic acid groups (broad SMARTS) is 1. The number of nitrogens with one attached hydrogen (secondary N) is 3. The van der Waals surface area contributed by atoms with E-state index in [9.17, 15) is 28.8 Å². The molecule has 12 heteroatoms. The number of rotatable bonds is 6. The molecule has 216 valence electrons. The van der Waals surface area contributed by atoms with E-state index in [0.29, 0.717) is 16.5 Å². The number of ketones is 3. The number of H-pyrrole nitrogens is 3. The molecule has 43 heavy (non-hydrogen) atoms. The zero-order valence-corrected chi connectivity index (χ0v) is 22.5. The van der Waals surface area contributed by atoms with E-state index >= 15 is 0 Å². The number of amides is 1. The van der Waals surface area contributed by atoms with Crippen LogP contribution in [-0.4, -0.2) is 62.4 Å². The SMILES string of the molecule is COC(=O)C(=O)c1c[nH]c2ccccc12.NC(=O)C(=O)c1c[nH]c2ccccc12.O=C(O)C(=O)c1c[nH]c2ccccc12. The van der Waals surface area contributed by atoms with Crippen molar-refractivity contribution in [3.8, 4) is 0 Å². The van der Waals surface area contributed by atoms with Crippen molar-refractivity contribution < 1.29 is 38.6 Å². The highest BCUT2D eigenvalue weighted by atomic mass is 16.5. The van der Waals surface area contributed by atoms with Gasteiger partial charge in [-0.3, -0.25) is 19.2 Å². The highest BCUT2D eigenvalue weighted by Gasteiger charge is 2.20. The number of aromatic nitrogens is 3. The second kappa shape index (κ2) is 12.9. The first kappa shape index (κ1) is 29.7. The lowest BCUT2D eigenvalue weighted by atomic mass is 10.1. The number of primary amides is 1. The van der Waals surface area contributed by atoms with Gasteiger partial charge in [-0.1, -0.05) is 54.6 Å². The summed E-state index contributed by atoms with van der Waals surface area (Å²) in [6.07, 6.45) is 4.43. The molecule has 0 saturated heterocycles. The summed E-state index contributed by atoms with van der Waals surface area (Å²) in [6.45, 7) is 0. The molecular formula is C31H24N4O8. The molecule has 0 bridgehead atoms. The van der Waals surface area contributed by atoms with E-state index in [0.717, 1.165) is 27.3 Å². The van der Waals surface area contributed by atoms with Crippen LogP contribution in [0, 0.1) is 0 Å². The Balaban J connectivity index is 0.000000148. The van der Waals surface area contributed by atoms with E-state index < -0.39 is 35.2 Å². The molecule has 3 aromatic carbocycles. The fraction of sp³-hybridized carbons (Fsp3) is 0.0323. The molecule has 3 heterocycles. The molecule has 6 rings (SSSR count). The van der Waals surface area contributed by atoms with Gasteiger partial charge >= 0.3 is 11.9 Å². The maximum absolute atomic E-state index is 11.6. The van der Waals surface area contributed by atoms with Crippen molar-refractivity contribution in [2.45, 2.75) is 0 Å². The Kier molecular flexibility index (Phi) is 8.91. The Morgan fingerprint density at radius 3 is 1.28 bits per heavy atom. The van der Waals surface area contributed by atoms with Gasteiger partial charge in [0.1, 0.15) is 0 Å². The monoisotopic (exact) mass is 580 g/mol. The van der Waals surface area contributed by atoms with Crippen LogP contribution >= 0.6 is 0 Å². The van der Waals surface area contributed by atoms with Crippen molar-refractivity contribution in [2.75, 3.05) is 7.11 Å². The average molecular weight is 581 g/mol. The van der Waals surface area contributed by atoms with E-state index in [1.54, 1.807) is 36.4 Å². The number of esters is 1. The number of ether oxygens (including phenoxy) is 1. The lowest BCUT2D eigenvalue weighted by Gasteiger charge is -1.96. The first-order valence-corrected chi connectivity index (χ1v) is 12.6. The number of methoxy groups -OCH3 is 1. The van der Waals surface area contributed by atoms with E-state index in [1.807, 2.05) is 36.4 Å². The molecule has 0 atom stereocenters. The molecule has 6 N–H and O–H groups in total. The van der Waals surface area contributed by atoms with Gasteiger partial charge in [0, 0.05) is 51.3 Å². The van der Waals surface area contributed by atoms with Crippen molar-refractivity contribution in [3.63, 3.8) is 0 Å². The smallest absolute Gasteiger partial charge is 0.379 e. The number of para-hydroxylation sites is 3. The van der Waals surface area contributed by atoms with Crippen LogP contribution in [0.3, 0.4) is 0 Å². The van der Waals surface area contributed by atoms with E-state index in [4.69, 9.17) is 10.8 Å². The van der Waals surface area contributed by atoms with Crippen LogP contribution in [0.2, 0.25) is 0 Å². The number of carbonyl (C=O) groups is 6.